The second-order valence-electron chi connectivity index (χ2n) is 4.41. The molecular weight excluding hydrogens is 274 g/mol. The average molecular weight is 289 g/mol. The van der Waals surface area contributed by atoms with Gasteiger partial charge in [0, 0.05) is 12.6 Å². The zero-order valence-corrected chi connectivity index (χ0v) is 11.4. The molecule has 1 atom stereocenters. The van der Waals surface area contributed by atoms with Gasteiger partial charge in [-0.1, -0.05) is 0 Å². The molecule has 1 saturated heterocycles. The van der Waals surface area contributed by atoms with Crippen LogP contribution in [0.2, 0.25) is 0 Å². The van der Waals surface area contributed by atoms with Crippen LogP contribution in [0.3, 0.4) is 0 Å². The molecule has 2 rings (SSSR count). The van der Waals surface area contributed by atoms with Crippen molar-refractivity contribution in [2.24, 2.45) is 0 Å². The van der Waals surface area contributed by atoms with Crippen LogP contribution < -0.4 is 5.32 Å². The summed E-state index contributed by atoms with van der Waals surface area (Å²) >= 11 is 1.19. The van der Waals surface area contributed by atoms with Crippen LogP contribution in [0, 0.1) is 0 Å². The van der Waals surface area contributed by atoms with E-state index < -0.39 is 15.8 Å². The van der Waals surface area contributed by atoms with Crippen LogP contribution in [0.15, 0.2) is 11.4 Å². The zero-order chi connectivity index (χ0) is 13.2. The van der Waals surface area contributed by atoms with Gasteiger partial charge in [-0.05, 0) is 29.9 Å². The fraction of sp³-hybridized carbons (Fsp3) is 0.545. The molecule has 0 amide bonds. The molecule has 18 heavy (non-hydrogen) atoms. The summed E-state index contributed by atoms with van der Waals surface area (Å²) in [6, 6.07) is 1.70. The van der Waals surface area contributed by atoms with Crippen molar-refractivity contribution in [3.05, 3.63) is 21.9 Å². The van der Waals surface area contributed by atoms with E-state index in [0.717, 1.165) is 12.0 Å². The quantitative estimate of drug-likeness (QED) is 0.867. The first-order valence-corrected chi connectivity index (χ1v) is 8.41. The van der Waals surface area contributed by atoms with Gasteiger partial charge in [0.1, 0.15) is 4.88 Å². The first-order valence-electron chi connectivity index (χ1n) is 5.71. The molecule has 1 aliphatic rings. The third-order valence-electron chi connectivity index (χ3n) is 2.99. The summed E-state index contributed by atoms with van der Waals surface area (Å²) < 4.78 is 22.9. The summed E-state index contributed by atoms with van der Waals surface area (Å²) in [6.45, 7) is 0.408. The van der Waals surface area contributed by atoms with Gasteiger partial charge < -0.3 is 10.4 Å². The minimum absolute atomic E-state index is 0.0645. The van der Waals surface area contributed by atoms with E-state index in [-0.39, 0.29) is 17.5 Å². The molecule has 0 bridgehead atoms. The predicted molar refractivity (Wildman–Crippen MR) is 69.8 cm³/mol. The molecule has 7 heteroatoms. The summed E-state index contributed by atoms with van der Waals surface area (Å²) in [7, 11) is -2.93. The van der Waals surface area contributed by atoms with Crippen molar-refractivity contribution >= 4 is 27.1 Å². The highest BCUT2D eigenvalue weighted by Crippen LogP contribution is 2.18. The molecule has 0 aliphatic carbocycles. The molecule has 1 aromatic heterocycles. The molecule has 2 N–H and O–H groups in total. The number of hydrogen-bond donors (Lipinski definition) is 2. The van der Waals surface area contributed by atoms with Gasteiger partial charge in [-0.2, -0.15) is 0 Å². The second kappa shape index (κ2) is 5.38. The van der Waals surface area contributed by atoms with Crippen LogP contribution in [-0.4, -0.2) is 37.0 Å². The maximum absolute atomic E-state index is 11.5. The fourth-order valence-electron chi connectivity index (χ4n) is 2.10. The van der Waals surface area contributed by atoms with E-state index >= 15 is 0 Å². The molecule has 1 fully saturated rings. The summed E-state index contributed by atoms with van der Waals surface area (Å²) in [5, 5.41) is 13.8. The number of rotatable bonds is 4. The molecule has 1 aromatic rings. The Labute approximate surface area is 110 Å². The SMILES string of the molecule is O=C(O)c1sccc1CNC1CCCS(=O)(=O)C1. The third-order valence-corrected chi connectivity index (χ3v) is 5.75. The number of carbonyl (C=O) groups is 1. The van der Waals surface area contributed by atoms with Crippen LogP contribution in [0.4, 0.5) is 0 Å². The minimum Gasteiger partial charge on any atom is -0.477 e. The second-order valence-corrected chi connectivity index (χ2v) is 7.56. The third kappa shape index (κ3) is 3.30. The Morgan fingerprint density at radius 1 is 1.56 bits per heavy atom. The first kappa shape index (κ1) is 13.5. The summed E-state index contributed by atoms with van der Waals surface area (Å²) in [5.41, 5.74) is 0.718. The van der Waals surface area contributed by atoms with Crippen LogP contribution in [0.1, 0.15) is 28.1 Å². The van der Waals surface area contributed by atoms with E-state index in [1.54, 1.807) is 11.4 Å². The number of aromatic carboxylic acids is 1. The average Bonchev–Trinajstić information content (AvgIpc) is 2.73. The van der Waals surface area contributed by atoms with Crippen molar-refractivity contribution < 1.29 is 18.3 Å². The number of carboxylic acids is 1. The molecule has 100 valence electrons. The molecule has 2 heterocycles. The lowest BCUT2D eigenvalue weighted by Crippen LogP contribution is -2.39. The van der Waals surface area contributed by atoms with E-state index in [0.29, 0.717) is 17.8 Å². The lowest BCUT2D eigenvalue weighted by Gasteiger charge is -2.23. The number of carboxylic acid groups (broad SMARTS) is 1. The highest BCUT2D eigenvalue weighted by atomic mass is 32.2. The molecule has 0 radical (unpaired) electrons. The Morgan fingerprint density at radius 3 is 3.00 bits per heavy atom. The summed E-state index contributed by atoms with van der Waals surface area (Å²) in [5.74, 6) is -0.512. The smallest absolute Gasteiger partial charge is 0.346 e. The van der Waals surface area contributed by atoms with E-state index in [9.17, 15) is 13.2 Å². The molecular formula is C11H15NO4S2. The van der Waals surface area contributed by atoms with Crippen LogP contribution in [-0.2, 0) is 16.4 Å². The first-order chi connectivity index (χ1) is 8.48. The fourth-order valence-corrected chi connectivity index (χ4v) is 4.53. The van der Waals surface area contributed by atoms with Gasteiger partial charge in [0.25, 0.3) is 0 Å². The Balaban J connectivity index is 1.95. The van der Waals surface area contributed by atoms with Crippen molar-refractivity contribution in [1.29, 1.82) is 0 Å². The Morgan fingerprint density at radius 2 is 2.33 bits per heavy atom. The number of thiophene rings is 1. The van der Waals surface area contributed by atoms with Gasteiger partial charge in [-0.15, -0.1) is 11.3 Å². The Kier molecular flexibility index (Phi) is 4.04. The van der Waals surface area contributed by atoms with Gasteiger partial charge >= 0.3 is 5.97 Å². The van der Waals surface area contributed by atoms with Crippen LogP contribution >= 0.6 is 11.3 Å². The maximum Gasteiger partial charge on any atom is 0.346 e. The summed E-state index contributed by atoms with van der Waals surface area (Å²) in [4.78, 5) is 11.2. The normalized spacial score (nSPS) is 22.8. The Hall–Kier alpha value is -0.920. The largest absolute Gasteiger partial charge is 0.477 e. The lowest BCUT2D eigenvalue weighted by molar-refractivity contribution is 0.0701. The summed E-state index contributed by atoms with van der Waals surface area (Å²) in [6.07, 6.45) is 1.50. The van der Waals surface area contributed by atoms with Gasteiger partial charge in [-0.3, -0.25) is 0 Å². The monoisotopic (exact) mass is 289 g/mol. The van der Waals surface area contributed by atoms with E-state index in [1.165, 1.54) is 11.3 Å². The van der Waals surface area contributed by atoms with Gasteiger partial charge in [0.05, 0.1) is 11.5 Å². The van der Waals surface area contributed by atoms with Crippen LogP contribution in [0.5, 0.6) is 0 Å². The van der Waals surface area contributed by atoms with Crippen LogP contribution in [0.25, 0.3) is 0 Å². The van der Waals surface area contributed by atoms with Crippen molar-refractivity contribution in [3.63, 3.8) is 0 Å². The number of hydrogen-bond acceptors (Lipinski definition) is 5. The van der Waals surface area contributed by atoms with E-state index in [4.69, 9.17) is 5.11 Å². The topological polar surface area (TPSA) is 83.5 Å². The van der Waals surface area contributed by atoms with Crippen molar-refractivity contribution in [1.82, 2.24) is 5.32 Å². The zero-order valence-electron chi connectivity index (χ0n) is 9.76. The van der Waals surface area contributed by atoms with Gasteiger partial charge in [0.15, 0.2) is 9.84 Å². The van der Waals surface area contributed by atoms with E-state index in [2.05, 4.69) is 5.32 Å². The lowest BCUT2D eigenvalue weighted by atomic mass is 10.1. The molecule has 1 unspecified atom stereocenters. The molecule has 1 aliphatic heterocycles. The van der Waals surface area contributed by atoms with Gasteiger partial charge in [-0.25, -0.2) is 13.2 Å². The standard InChI is InChI=1S/C11H15NO4S2/c13-11(14)10-8(3-4-17-10)6-12-9-2-1-5-18(15,16)7-9/h3-4,9,12H,1-2,5-7H2,(H,13,14). The minimum atomic E-state index is -2.93. The highest BCUT2D eigenvalue weighted by molar-refractivity contribution is 7.91. The molecule has 0 aromatic carbocycles. The van der Waals surface area contributed by atoms with Gasteiger partial charge in [0.2, 0.25) is 0 Å². The molecule has 0 saturated carbocycles. The molecule has 5 nitrogen and oxygen atoms in total. The number of sulfone groups is 1. The molecule has 0 spiro atoms. The van der Waals surface area contributed by atoms with Crippen molar-refractivity contribution in [2.75, 3.05) is 11.5 Å². The van der Waals surface area contributed by atoms with Crippen molar-refractivity contribution in [3.8, 4) is 0 Å². The van der Waals surface area contributed by atoms with E-state index in [1.807, 2.05) is 0 Å². The predicted octanol–water partition coefficient (Wildman–Crippen LogP) is 1.11. The Bertz CT molecular complexity index is 535. The maximum atomic E-state index is 11.5. The number of nitrogens with one attached hydrogen (secondary N) is 1. The highest BCUT2D eigenvalue weighted by Gasteiger charge is 2.24. The van der Waals surface area contributed by atoms with Crippen molar-refractivity contribution in [2.45, 2.75) is 25.4 Å².